The lowest BCUT2D eigenvalue weighted by atomic mass is 10.1. The second-order valence-corrected chi connectivity index (χ2v) is 6.07. The molecular weight excluding hydrogens is 312 g/mol. The van der Waals surface area contributed by atoms with Crippen LogP contribution in [0.2, 0.25) is 5.02 Å². The van der Waals surface area contributed by atoms with Crippen LogP contribution in [0.15, 0.2) is 48.8 Å². The van der Waals surface area contributed by atoms with Crippen LogP contribution in [0.3, 0.4) is 0 Å². The summed E-state index contributed by atoms with van der Waals surface area (Å²) in [7, 11) is 1.98. The number of nitrogens with zero attached hydrogens (tertiary/aromatic N) is 2. The summed E-state index contributed by atoms with van der Waals surface area (Å²) in [6.07, 6.45) is 3.05. The van der Waals surface area contributed by atoms with E-state index in [0.717, 1.165) is 11.1 Å². The van der Waals surface area contributed by atoms with Crippen LogP contribution in [0, 0.1) is 0 Å². The first-order chi connectivity index (χ1) is 11.1. The lowest BCUT2D eigenvalue weighted by molar-refractivity contribution is 0.00853. The number of hydrogen-bond donors (Lipinski definition) is 1. The highest BCUT2D eigenvalue weighted by molar-refractivity contribution is 6.31. The Morgan fingerprint density at radius 3 is 2.74 bits per heavy atom. The number of benzene rings is 1. The molecule has 1 aromatic carbocycles. The van der Waals surface area contributed by atoms with Gasteiger partial charge in [0.15, 0.2) is 0 Å². The molecule has 1 N–H and O–H groups in total. The number of likely N-dealkylation sites (N-methyl/N-ethyl adjacent to an activating group) is 1. The first-order valence-corrected chi connectivity index (χ1v) is 8.05. The van der Waals surface area contributed by atoms with Gasteiger partial charge in [-0.1, -0.05) is 35.9 Å². The fourth-order valence-electron chi connectivity index (χ4n) is 2.34. The maximum Gasteiger partial charge on any atom is 0.0900 e. The lowest BCUT2D eigenvalue weighted by Gasteiger charge is -2.27. The van der Waals surface area contributed by atoms with Crippen LogP contribution >= 0.6 is 11.6 Å². The molecule has 2 atom stereocenters. The van der Waals surface area contributed by atoms with E-state index in [4.69, 9.17) is 16.3 Å². The number of rotatable bonds is 8. The second kappa shape index (κ2) is 8.99. The van der Waals surface area contributed by atoms with Gasteiger partial charge in [0.25, 0.3) is 0 Å². The van der Waals surface area contributed by atoms with Gasteiger partial charge in [-0.3, -0.25) is 9.88 Å². The highest BCUT2D eigenvalue weighted by Gasteiger charge is 2.15. The van der Waals surface area contributed by atoms with Crippen molar-refractivity contribution >= 4 is 11.6 Å². The molecule has 0 spiro atoms. The largest absolute Gasteiger partial charge is 0.389 e. The van der Waals surface area contributed by atoms with Gasteiger partial charge in [-0.05, 0) is 37.2 Å². The number of aliphatic hydroxyl groups is 1. The lowest BCUT2D eigenvalue weighted by Crippen LogP contribution is -2.34. The molecule has 2 aromatic rings. The molecule has 0 aliphatic carbocycles. The van der Waals surface area contributed by atoms with Gasteiger partial charge in [0, 0.05) is 30.0 Å². The predicted octanol–water partition coefficient (Wildman–Crippen LogP) is 3.31. The molecule has 1 aromatic heterocycles. The third-order valence-electron chi connectivity index (χ3n) is 3.85. The molecule has 124 valence electrons. The van der Waals surface area contributed by atoms with Gasteiger partial charge < -0.3 is 9.84 Å². The van der Waals surface area contributed by atoms with Crippen LogP contribution in [0.5, 0.6) is 0 Å². The first-order valence-electron chi connectivity index (χ1n) is 7.67. The van der Waals surface area contributed by atoms with Crippen LogP contribution < -0.4 is 0 Å². The minimum absolute atomic E-state index is 0.182. The Bertz CT molecular complexity index is 595. The van der Waals surface area contributed by atoms with E-state index < -0.39 is 6.10 Å². The number of ether oxygens (including phenoxy) is 1. The number of hydrogen-bond acceptors (Lipinski definition) is 4. The summed E-state index contributed by atoms with van der Waals surface area (Å²) in [4.78, 5) is 6.22. The van der Waals surface area contributed by atoms with Gasteiger partial charge in [-0.25, -0.2) is 0 Å². The van der Waals surface area contributed by atoms with Crippen molar-refractivity contribution in [2.45, 2.75) is 25.7 Å². The molecule has 0 aliphatic rings. The topological polar surface area (TPSA) is 45.6 Å². The van der Waals surface area contributed by atoms with E-state index in [9.17, 15) is 5.11 Å². The van der Waals surface area contributed by atoms with Gasteiger partial charge in [-0.2, -0.15) is 0 Å². The minimum Gasteiger partial charge on any atom is -0.389 e. The zero-order chi connectivity index (χ0) is 16.7. The van der Waals surface area contributed by atoms with Crippen molar-refractivity contribution in [2.24, 2.45) is 0 Å². The summed E-state index contributed by atoms with van der Waals surface area (Å²) in [5, 5.41) is 10.8. The van der Waals surface area contributed by atoms with E-state index in [2.05, 4.69) is 16.8 Å². The Hall–Kier alpha value is -1.46. The Balaban J connectivity index is 1.76. The minimum atomic E-state index is -0.554. The van der Waals surface area contributed by atoms with Crippen LogP contribution in [-0.2, 0) is 11.3 Å². The molecule has 0 saturated heterocycles. The predicted molar refractivity (Wildman–Crippen MR) is 92.4 cm³/mol. The zero-order valence-corrected chi connectivity index (χ0v) is 14.3. The number of pyridine rings is 1. The SMILES string of the molecule is CC(c1cccnc1)N(C)CC(O)COCc1ccccc1Cl. The molecule has 5 heteroatoms. The normalized spacial score (nSPS) is 14.0. The standard InChI is InChI=1S/C18H23ClN2O2/c1-14(15-7-5-9-20-10-15)21(2)11-17(22)13-23-12-16-6-3-4-8-18(16)19/h3-10,14,17,22H,11-13H2,1-2H3. The molecule has 0 bridgehead atoms. The molecule has 0 saturated carbocycles. The molecule has 2 unspecified atom stereocenters. The van der Waals surface area contributed by atoms with Crippen molar-refractivity contribution in [3.63, 3.8) is 0 Å². The van der Waals surface area contributed by atoms with Gasteiger partial charge in [0.05, 0.1) is 19.3 Å². The highest BCUT2D eigenvalue weighted by atomic mass is 35.5. The molecule has 0 amide bonds. The summed E-state index contributed by atoms with van der Waals surface area (Å²) >= 11 is 6.08. The van der Waals surface area contributed by atoms with Crippen molar-refractivity contribution in [1.29, 1.82) is 0 Å². The van der Waals surface area contributed by atoms with Crippen molar-refractivity contribution < 1.29 is 9.84 Å². The van der Waals surface area contributed by atoms with Crippen LogP contribution in [0.4, 0.5) is 0 Å². The average molecular weight is 335 g/mol. The Labute approximate surface area is 142 Å². The van der Waals surface area contributed by atoms with E-state index in [1.165, 1.54) is 0 Å². The molecule has 0 aliphatic heterocycles. The molecule has 1 heterocycles. The number of halogens is 1. The third-order valence-corrected chi connectivity index (χ3v) is 4.22. The fraction of sp³-hybridized carbons (Fsp3) is 0.389. The monoisotopic (exact) mass is 334 g/mol. The zero-order valence-electron chi connectivity index (χ0n) is 13.5. The van der Waals surface area contributed by atoms with E-state index in [1.54, 1.807) is 6.20 Å². The van der Waals surface area contributed by atoms with Crippen molar-refractivity contribution in [2.75, 3.05) is 20.2 Å². The van der Waals surface area contributed by atoms with Gasteiger partial charge in [0.1, 0.15) is 0 Å². The maximum absolute atomic E-state index is 10.1. The summed E-state index contributed by atoms with van der Waals surface area (Å²) in [6, 6.07) is 11.7. The van der Waals surface area contributed by atoms with E-state index >= 15 is 0 Å². The van der Waals surface area contributed by atoms with Crippen LogP contribution in [0.1, 0.15) is 24.1 Å². The van der Waals surface area contributed by atoms with E-state index in [1.807, 2.05) is 49.6 Å². The number of aliphatic hydroxyl groups excluding tert-OH is 1. The Morgan fingerprint density at radius 2 is 2.04 bits per heavy atom. The van der Waals surface area contributed by atoms with Crippen molar-refractivity contribution in [3.05, 3.63) is 64.9 Å². The van der Waals surface area contributed by atoms with Crippen molar-refractivity contribution in [3.8, 4) is 0 Å². The molecule has 23 heavy (non-hydrogen) atoms. The summed E-state index contributed by atoms with van der Waals surface area (Å²) < 4.78 is 5.58. The van der Waals surface area contributed by atoms with E-state index in [-0.39, 0.29) is 12.6 Å². The fourth-order valence-corrected chi connectivity index (χ4v) is 2.53. The molecule has 0 radical (unpaired) electrons. The molecule has 2 rings (SSSR count). The average Bonchev–Trinajstić information content (AvgIpc) is 2.56. The van der Waals surface area contributed by atoms with E-state index in [0.29, 0.717) is 18.2 Å². The Morgan fingerprint density at radius 1 is 1.26 bits per heavy atom. The smallest absolute Gasteiger partial charge is 0.0900 e. The summed E-state index contributed by atoms with van der Waals surface area (Å²) in [5.41, 5.74) is 2.05. The summed E-state index contributed by atoms with van der Waals surface area (Å²) in [5.74, 6) is 0. The van der Waals surface area contributed by atoms with Crippen LogP contribution in [0.25, 0.3) is 0 Å². The summed E-state index contributed by atoms with van der Waals surface area (Å²) in [6.45, 7) is 3.29. The Kier molecular flexibility index (Phi) is 6.99. The molecular formula is C18H23ClN2O2. The maximum atomic E-state index is 10.1. The first kappa shape index (κ1) is 17.9. The molecule has 0 fully saturated rings. The quantitative estimate of drug-likeness (QED) is 0.804. The third kappa shape index (κ3) is 5.59. The molecule has 4 nitrogen and oxygen atoms in total. The second-order valence-electron chi connectivity index (χ2n) is 5.66. The van der Waals surface area contributed by atoms with Gasteiger partial charge in [0.2, 0.25) is 0 Å². The highest BCUT2D eigenvalue weighted by Crippen LogP contribution is 2.18. The number of aromatic nitrogens is 1. The van der Waals surface area contributed by atoms with Gasteiger partial charge >= 0.3 is 0 Å². The van der Waals surface area contributed by atoms with Gasteiger partial charge in [-0.15, -0.1) is 0 Å². The van der Waals surface area contributed by atoms with Crippen molar-refractivity contribution in [1.82, 2.24) is 9.88 Å². The van der Waals surface area contributed by atoms with Crippen LogP contribution in [-0.4, -0.2) is 41.3 Å².